The smallest absolute Gasteiger partial charge is 0.218 e. The minimum Gasteiger partial charge on any atom is -0.377 e. The summed E-state index contributed by atoms with van der Waals surface area (Å²) in [6, 6.07) is 0. The van der Waals surface area contributed by atoms with E-state index >= 15 is 0 Å². The largest absolute Gasteiger partial charge is 0.377 e. The lowest BCUT2D eigenvalue weighted by molar-refractivity contribution is 0.0976. The minimum absolute atomic E-state index is 0.0892. The second-order valence-corrected chi connectivity index (χ2v) is 7.25. The Balaban J connectivity index is 1.93. The molecule has 6 heteroatoms. The minimum atomic E-state index is -3.16. The van der Waals surface area contributed by atoms with Crippen molar-refractivity contribution in [2.24, 2.45) is 0 Å². The maximum atomic E-state index is 12.3. The number of hydrogen-bond donors (Lipinski definition) is 1. The average Bonchev–Trinajstić information content (AvgIpc) is 2.83. The van der Waals surface area contributed by atoms with Crippen LogP contribution in [0.15, 0.2) is 0 Å². The van der Waals surface area contributed by atoms with Crippen molar-refractivity contribution in [2.45, 2.75) is 37.0 Å². The van der Waals surface area contributed by atoms with Crippen LogP contribution in [0.4, 0.5) is 0 Å². The van der Waals surface area contributed by atoms with Crippen LogP contribution in [0.25, 0.3) is 0 Å². The molecule has 2 fully saturated rings. The van der Waals surface area contributed by atoms with Crippen molar-refractivity contribution >= 4 is 10.0 Å². The van der Waals surface area contributed by atoms with Crippen molar-refractivity contribution in [3.63, 3.8) is 0 Å². The number of hydrogen-bond acceptors (Lipinski definition) is 4. The molecule has 0 bridgehead atoms. The fourth-order valence-electron chi connectivity index (χ4n) is 2.51. The van der Waals surface area contributed by atoms with Crippen LogP contribution in [-0.2, 0) is 14.8 Å². The summed E-state index contributed by atoms with van der Waals surface area (Å²) in [6.07, 6.45) is 3.82. The highest BCUT2D eigenvalue weighted by Crippen LogP contribution is 2.18. The first-order valence-corrected chi connectivity index (χ1v) is 7.88. The molecule has 0 aliphatic carbocycles. The second-order valence-electron chi connectivity index (χ2n) is 4.93. The molecule has 0 amide bonds. The van der Waals surface area contributed by atoms with Gasteiger partial charge in [-0.2, -0.15) is 0 Å². The van der Waals surface area contributed by atoms with Crippen molar-refractivity contribution in [3.8, 4) is 0 Å². The predicted octanol–water partition coefficient (Wildman–Crippen LogP) is 0.179. The van der Waals surface area contributed by atoms with Gasteiger partial charge in [-0.3, -0.25) is 0 Å². The zero-order valence-electron chi connectivity index (χ0n) is 10.4. The Kier molecular flexibility index (Phi) is 4.41. The zero-order valence-corrected chi connectivity index (χ0v) is 11.2. The summed E-state index contributed by atoms with van der Waals surface area (Å²) >= 11 is 0. The molecular weight excluding hydrogens is 240 g/mol. The van der Waals surface area contributed by atoms with Crippen LogP contribution in [0.2, 0.25) is 0 Å². The van der Waals surface area contributed by atoms with Crippen LogP contribution in [0.1, 0.15) is 25.7 Å². The van der Waals surface area contributed by atoms with Gasteiger partial charge in [0.1, 0.15) is 0 Å². The monoisotopic (exact) mass is 262 g/mol. The van der Waals surface area contributed by atoms with Gasteiger partial charge in [0.25, 0.3) is 0 Å². The zero-order chi connectivity index (χ0) is 12.3. The van der Waals surface area contributed by atoms with E-state index in [1.54, 1.807) is 7.05 Å². The third-order valence-corrected chi connectivity index (χ3v) is 5.85. The van der Waals surface area contributed by atoms with Gasteiger partial charge >= 0.3 is 0 Å². The molecule has 100 valence electrons. The highest BCUT2D eigenvalue weighted by Gasteiger charge is 2.32. The fourth-order valence-corrected chi connectivity index (χ4v) is 4.18. The van der Waals surface area contributed by atoms with Gasteiger partial charge in [-0.05, 0) is 32.2 Å². The van der Waals surface area contributed by atoms with E-state index in [9.17, 15) is 8.42 Å². The van der Waals surface area contributed by atoms with Crippen LogP contribution < -0.4 is 5.32 Å². The molecule has 2 atom stereocenters. The van der Waals surface area contributed by atoms with E-state index in [4.69, 9.17) is 4.74 Å². The second kappa shape index (κ2) is 5.65. The van der Waals surface area contributed by atoms with Crippen molar-refractivity contribution < 1.29 is 13.2 Å². The lowest BCUT2D eigenvalue weighted by Gasteiger charge is -2.28. The van der Waals surface area contributed by atoms with Crippen molar-refractivity contribution in [1.29, 1.82) is 0 Å². The Morgan fingerprint density at radius 3 is 2.76 bits per heavy atom. The Bertz CT molecular complexity index is 333. The Labute approximate surface area is 104 Å². The van der Waals surface area contributed by atoms with Gasteiger partial charge in [-0.25, -0.2) is 12.7 Å². The summed E-state index contributed by atoms with van der Waals surface area (Å²) in [4.78, 5) is 0. The highest BCUT2D eigenvalue weighted by atomic mass is 32.2. The molecule has 2 aliphatic heterocycles. The molecule has 0 aromatic heterocycles. The molecule has 2 unspecified atom stereocenters. The normalized spacial score (nSPS) is 30.9. The molecule has 0 aromatic rings. The van der Waals surface area contributed by atoms with Crippen LogP contribution in [0.5, 0.6) is 0 Å². The molecule has 2 rings (SSSR count). The van der Waals surface area contributed by atoms with Gasteiger partial charge in [-0.1, -0.05) is 0 Å². The first kappa shape index (κ1) is 13.3. The van der Waals surface area contributed by atoms with E-state index in [-0.39, 0.29) is 11.4 Å². The van der Waals surface area contributed by atoms with Crippen LogP contribution in [-0.4, -0.2) is 57.4 Å². The number of ether oxygens (including phenoxy) is 1. The van der Waals surface area contributed by atoms with E-state index in [1.807, 2.05) is 0 Å². The van der Waals surface area contributed by atoms with Crippen molar-refractivity contribution in [1.82, 2.24) is 9.62 Å². The standard InChI is InChI=1S/C11H22N2O3S/c1-13(9-10-4-3-7-16-10)17(14,15)11-5-2-6-12-8-11/h10-12H,2-9H2,1H3. The molecule has 1 N–H and O–H groups in total. The SMILES string of the molecule is CN(CC1CCCO1)S(=O)(=O)C1CCCNC1. The highest BCUT2D eigenvalue weighted by molar-refractivity contribution is 7.89. The van der Waals surface area contributed by atoms with Gasteiger partial charge in [0.2, 0.25) is 10.0 Å². The average molecular weight is 262 g/mol. The molecule has 2 saturated heterocycles. The van der Waals surface area contributed by atoms with Gasteiger partial charge in [0, 0.05) is 26.7 Å². The molecule has 2 heterocycles. The van der Waals surface area contributed by atoms with Crippen LogP contribution >= 0.6 is 0 Å². The quantitative estimate of drug-likeness (QED) is 0.785. The molecule has 0 aromatic carbocycles. The van der Waals surface area contributed by atoms with Crippen LogP contribution in [0.3, 0.4) is 0 Å². The summed E-state index contributed by atoms with van der Waals surface area (Å²) in [6.45, 7) is 2.78. The fraction of sp³-hybridized carbons (Fsp3) is 1.00. The topological polar surface area (TPSA) is 58.6 Å². The lowest BCUT2D eigenvalue weighted by atomic mass is 10.2. The molecule has 0 spiro atoms. The number of rotatable bonds is 4. The first-order chi connectivity index (χ1) is 8.10. The van der Waals surface area contributed by atoms with Crippen molar-refractivity contribution in [3.05, 3.63) is 0 Å². The van der Waals surface area contributed by atoms with E-state index in [1.165, 1.54) is 4.31 Å². The van der Waals surface area contributed by atoms with Gasteiger partial charge in [0.05, 0.1) is 11.4 Å². The third-order valence-electron chi connectivity index (χ3n) is 3.59. The molecular formula is C11H22N2O3S. The predicted molar refractivity (Wildman–Crippen MR) is 66.4 cm³/mol. The van der Waals surface area contributed by atoms with E-state index < -0.39 is 10.0 Å². The summed E-state index contributed by atoms with van der Waals surface area (Å²) in [7, 11) is -1.49. The summed E-state index contributed by atoms with van der Waals surface area (Å²) in [5, 5.41) is 2.89. The van der Waals surface area contributed by atoms with E-state index in [2.05, 4.69) is 5.32 Å². The first-order valence-electron chi connectivity index (χ1n) is 6.38. The Hall–Kier alpha value is -0.170. The number of sulfonamides is 1. The number of piperidine rings is 1. The van der Waals surface area contributed by atoms with Gasteiger partial charge in [-0.15, -0.1) is 0 Å². The van der Waals surface area contributed by atoms with Crippen molar-refractivity contribution in [2.75, 3.05) is 33.3 Å². The Morgan fingerprint density at radius 1 is 1.35 bits per heavy atom. The number of nitrogens with zero attached hydrogens (tertiary/aromatic N) is 1. The van der Waals surface area contributed by atoms with E-state index in [0.717, 1.165) is 38.8 Å². The molecule has 2 aliphatic rings. The molecule has 17 heavy (non-hydrogen) atoms. The lowest BCUT2D eigenvalue weighted by Crippen LogP contribution is -2.46. The molecule has 5 nitrogen and oxygen atoms in total. The third kappa shape index (κ3) is 3.19. The maximum absolute atomic E-state index is 12.3. The summed E-state index contributed by atoms with van der Waals surface area (Å²) in [5.41, 5.74) is 0. The number of nitrogens with one attached hydrogen (secondary N) is 1. The van der Waals surface area contributed by atoms with Gasteiger partial charge < -0.3 is 10.1 Å². The van der Waals surface area contributed by atoms with Gasteiger partial charge in [0.15, 0.2) is 0 Å². The van der Waals surface area contributed by atoms with Crippen LogP contribution in [0, 0.1) is 0 Å². The summed E-state index contributed by atoms with van der Waals surface area (Å²) < 4.78 is 31.6. The Morgan fingerprint density at radius 2 is 2.18 bits per heavy atom. The molecule has 0 radical (unpaired) electrons. The maximum Gasteiger partial charge on any atom is 0.218 e. The molecule has 0 saturated carbocycles. The van der Waals surface area contributed by atoms with E-state index in [0.29, 0.717) is 13.1 Å². The number of likely N-dealkylation sites (N-methyl/N-ethyl adjacent to an activating group) is 1. The summed E-state index contributed by atoms with van der Waals surface area (Å²) in [5.74, 6) is 0.